The van der Waals surface area contributed by atoms with Crippen LogP contribution in [0.1, 0.15) is 25.1 Å². The summed E-state index contributed by atoms with van der Waals surface area (Å²) < 4.78 is 0. The molecule has 0 bridgehead atoms. The fraction of sp³-hybridized carbons (Fsp3) is 0.500. The summed E-state index contributed by atoms with van der Waals surface area (Å²) in [6.45, 7) is 14.8. The van der Waals surface area contributed by atoms with Crippen LogP contribution in [0.3, 0.4) is 0 Å². The highest BCUT2D eigenvalue weighted by Gasteiger charge is 2.19. The van der Waals surface area contributed by atoms with Crippen molar-refractivity contribution >= 4 is 17.5 Å². The standard InChI is InChI=1S/C20H29N5/c1-5-23-10-12-24(13-11-23)19-15-17(4)21-20(22-19)25(6-2)18-9-7-8-16(3)14-18/h7-9,14-15H,5-6,10-13H2,1-4H3. The third kappa shape index (κ3) is 4.10. The van der Waals surface area contributed by atoms with Crippen LogP contribution in [0.5, 0.6) is 0 Å². The van der Waals surface area contributed by atoms with Crippen LogP contribution in [0.4, 0.5) is 17.5 Å². The van der Waals surface area contributed by atoms with Gasteiger partial charge in [-0.3, -0.25) is 0 Å². The number of piperazine rings is 1. The van der Waals surface area contributed by atoms with E-state index in [1.807, 2.05) is 0 Å². The second kappa shape index (κ2) is 7.83. The van der Waals surface area contributed by atoms with Gasteiger partial charge in [0.1, 0.15) is 5.82 Å². The van der Waals surface area contributed by atoms with Gasteiger partial charge in [0.25, 0.3) is 0 Å². The smallest absolute Gasteiger partial charge is 0.232 e. The maximum Gasteiger partial charge on any atom is 0.232 e. The Labute approximate surface area is 151 Å². The summed E-state index contributed by atoms with van der Waals surface area (Å²) in [4.78, 5) is 16.7. The minimum absolute atomic E-state index is 0.793. The van der Waals surface area contributed by atoms with E-state index >= 15 is 0 Å². The monoisotopic (exact) mass is 339 g/mol. The van der Waals surface area contributed by atoms with Crippen LogP contribution in [0, 0.1) is 13.8 Å². The molecule has 0 unspecified atom stereocenters. The van der Waals surface area contributed by atoms with Crippen molar-refractivity contribution < 1.29 is 0 Å². The highest BCUT2D eigenvalue weighted by atomic mass is 15.3. The number of hydrogen-bond acceptors (Lipinski definition) is 5. The molecule has 0 radical (unpaired) electrons. The minimum atomic E-state index is 0.793. The molecule has 1 aliphatic rings. The lowest BCUT2D eigenvalue weighted by Crippen LogP contribution is -2.46. The number of hydrogen-bond donors (Lipinski definition) is 0. The average Bonchev–Trinajstić information content (AvgIpc) is 2.62. The van der Waals surface area contributed by atoms with Gasteiger partial charge in [0, 0.05) is 50.2 Å². The van der Waals surface area contributed by atoms with Crippen LogP contribution in [0.2, 0.25) is 0 Å². The van der Waals surface area contributed by atoms with Gasteiger partial charge in [0.05, 0.1) is 0 Å². The molecule has 134 valence electrons. The Morgan fingerprint density at radius 2 is 1.76 bits per heavy atom. The average molecular weight is 339 g/mol. The van der Waals surface area contributed by atoms with Crippen molar-refractivity contribution in [1.29, 1.82) is 0 Å². The molecule has 0 saturated carbocycles. The molecule has 5 nitrogen and oxygen atoms in total. The number of aromatic nitrogens is 2. The summed E-state index contributed by atoms with van der Waals surface area (Å²) in [5.74, 6) is 1.84. The maximum absolute atomic E-state index is 4.91. The molecule has 5 heteroatoms. The quantitative estimate of drug-likeness (QED) is 0.834. The second-order valence-corrected chi connectivity index (χ2v) is 6.67. The predicted molar refractivity (Wildman–Crippen MR) is 105 cm³/mol. The molecule has 0 amide bonds. The molecule has 0 N–H and O–H groups in total. The summed E-state index contributed by atoms with van der Waals surface area (Å²) in [6.07, 6.45) is 0. The van der Waals surface area contributed by atoms with Gasteiger partial charge in [0.15, 0.2) is 0 Å². The summed E-state index contributed by atoms with van der Waals surface area (Å²) in [7, 11) is 0. The molecule has 3 rings (SSSR count). The highest BCUT2D eigenvalue weighted by molar-refractivity contribution is 5.60. The number of rotatable bonds is 5. The summed E-state index contributed by atoms with van der Waals surface area (Å²) in [5.41, 5.74) is 3.42. The Balaban J connectivity index is 1.88. The first kappa shape index (κ1) is 17.7. The van der Waals surface area contributed by atoms with Gasteiger partial charge in [-0.15, -0.1) is 0 Å². The topological polar surface area (TPSA) is 35.5 Å². The first-order valence-electron chi connectivity index (χ1n) is 9.28. The molecule has 1 aromatic heterocycles. The zero-order chi connectivity index (χ0) is 17.8. The predicted octanol–water partition coefficient (Wildman–Crippen LogP) is 3.39. The van der Waals surface area contributed by atoms with Crippen molar-refractivity contribution in [2.24, 2.45) is 0 Å². The van der Waals surface area contributed by atoms with Gasteiger partial charge < -0.3 is 14.7 Å². The van der Waals surface area contributed by atoms with Gasteiger partial charge in [0.2, 0.25) is 5.95 Å². The molecule has 1 fully saturated rings. The van der Waals surface area contributed by atoms with E-state index in [4.69, 9.17) is 9.97 Å². The number of benzene rings is 1. The first-order valence-corrected chi connectivity index (χ1v) is 9.28. The van der Waals surface area contributed by atoms with Crippen LogP contribution in [-0.2, 0) is 0 Å². The van der Waals surface area contributed by atoms with Crippen molar-refractivity contribution in [1.82, 2.24) is 14.9 Å². The zero-order valence-corrected chi connectivity index (χ0v) is 15.9. The van der Waals surface area contributed by atoms with Gasteiger partial charge in [-0.2, -0.15) is 4.98 Å². The van der Waals surface area contributed by atoms with Gasteiger partial charge >= 0.3 is 0 Å². The fourth-order valence-electron chi connectivity index (χ4n) is 3.35. The van der Waals surface area contributed by atoms with E-state index in [2.05, 4.69) is 72.7 Å². The van der Waals surface area contributed by atoms with E-state index in [9.17, 15) is 0 Å². The molecular formula is C20H29N5. The van der Waals surface area contributed by atoms with E-state index in [1.54, 1.807) is 0 Å². The van der Waals surface area contributed by atoms with Crippen molar-refractivity contribution in [3.63, 3.8) is 0 Å². The molecule has 0 atom stereocenters. The van der Waals surface area contributed by atoms with Crippen LogP contribution >= 0.6 is 0 Å². The molecule has 0 spiro atoms. The lowest BCUT2D eigenvalue weighted by molar-refractivity contribution is 0.270. The SMILES string of the molecule is CCN1CCN(c2cc(C)nc(N(CC)c3cccc(C)c3)n2)CC1. The van der Waals surface area contributed by atoms with E-state index in [0.29, 0.717) is 0 Å². The van der Waals surface area contributed by atoms with Gasteiger partial charge in [-0.25, -0.2) is 4.98 Å². The van der Waals surface area contributed by atoms with Crippen molar-refractivity contribution in [2.75, 3.05) is 49.1 Å². The highest BCUT2D eigenvalue weighted by Crippen LogP contribution is 2.25. The third-order valence-electron chi connectivity index (χ3n) is 4.84. The van der Waals surface area contributed by atoms with Crippen LogP contribution in [0.15, 0.2) is 30.3 Å². The largest absolute Gasteiger partial charge is 0.354 e. The van der Waals surface area contributed by atoms with Crippen LogP contribution < -0.4 is 9.80 Å². The van der Waals surface area contributed by atoms with Crippen molar-refractivity contribution in [3.05, 3.63) is 41.6 Å². The van der Waals surface area contributed by atoms with Crippen LogP contribution in [-0.4, -0.2) is 54.1 Å². The number of anilines is 3. The zero-order valence-electron chi connectivity index (χ0n) is 15.9. The molecule has 1 saturated heterocycles. The minimum Gasteiger partial charge on any atom is -0.354 e. The van der Waals surface area contributed by atoms with Gasteiger partial charge in [-0.1, -0.05) is 19.1 Å². The fourth-order valence-corrected chi connectivity index (χ4v) is 3.35. The molecule has 2 aromatic rings. The Bertz CT molecular complexity index is 707. The number of aryl methyl sites for hydroxylation is 2. The number of likely N-dealkylation sites (N-methyl/N-ethyl adjacent to an activating group) is 1. The molecule has 0 aliphatic carbocycles. The molecular weight excluding hydrogens is 310 g/mol. The van der Waals surface area contributed by atoms with Crippen molar-refractivity contribution in [2.45, 2.75) is 27.7 Å². The van der Waals surface area contributed by atoms with Gasteiger partial charge in [-0.05, 0) is 45.0 Å². The normalized spacial score (nSPS) is 15.4. The molecule has 2 heterocycles. The Morgan fingerprint density at radius 1 is 1.00 bits per heavy atom. The lowest BCUT2D eigenvalue weighted by atomic mass is 10.2. The summed E-state index contributed by atoms with van der Waals surface area (Å²) in [5, 5.41) is 0. The molecule has 1 aromatic carbocycles. The molecule has 25 heavy (non-hydrogen) atoms. The van der Waals surface area contributed by atoms with Crippen molar-refractivity contribution in [3.8, 4) is 0 Å². The Kier molecular flexibility index (Phi) is 5.53. The second-order valence-electron chi connectivity index (χ2n) is 6.67. The van der Waals surface area contributed by atoms with E-state index < -0.39 is 0 Å². The van der Waals surface area contributed by atoms with Crippen LogP contribution in [0.25, 0.3) is 0 Å². The van der Waals surface area contributed by atoms with E-state index in [1.165, 1.54) is 5.56 Å². The molecule has 1 aliphatic heterocycles. The van der Waals surface area contributed by atoms with E-state index in [0.717, 1.165) is 62.4 Å². The first-order chi connectivity index (χ1) is 12.1. The number of nitrogens with zero attached hydrogens (tertiary/aromatic N) is 5. The Hall–Kier alpha value is -2.14. The summed E-state index contributed by atoms with van der Waals surface area (Å²) >= 11 is 0. The third-order valence-corrected chi connectivity index (χ3v) is 4.84. The summed E-state index contributed by atoms with van der Waals surface area (Å²) in [6, 6.07) is 10.6. The Morgan fingerprint density at radius 3 is 2.40 bits per heavy atom. The van der Waals surface area contributed by atoms with E-state index in [-0.39, 0.29) is 0 Å². The maximum atomic E-state index is 4.91. The lowest BCUT2D eigenvalue weighted by Gasteiger charge is -2.35.